The minimum atomic E-state index is -0.661. The van der Waals surface area contributed by atoms with Crippen LogP contribution in [0, 0.1) is 13.8 Å². The lowest BCUT2D eigenvalue weighted by Crippen LogP contribution is -2.35. The van der Waals surface area contributed by atoms with E-state index in [0.717, 1.165) is 24.0 Å². The third-order valence-electron chi connectivity index (χ3n) is 3.45. The van der Waals surface area contributed by atoms with Crippen LogP contribution in [0.3, 0.4) is 0 Å². The van der Waals surface area contributed by atoms with E-state index in [-0.39, 0.29) is 6.54 Å². The fraction of sp³-hybridized carbons (Fsp3) is 0.438. The lowest BCUT2D eigenvalue weighted by atomic mass is 10.0. The molecule has 0 unspecified atom stereocenters. The number of ether oxygens (including phenoxy) is 1. The number of carbonyl (C=O) groups excluding carboxylic acids is 3. The second kappa shape index (κ2) is 6.08. The first-order valence-electron chi connectivity index (χ1n) is 7.08. The second-order valence-electron chi connectivity index (χ2n) is 5.27. The number of amides is 1. The van der Waals surface area contributed by atoms with Crippen molar-refractivity contribution in [3.63, 3.8) is 0 Å². The first-order valence-corrected chi connectivity index (χ1v) is 7.08. The highest BCUT2D eigenvalue weighted by molar-refractivity contribution is 6.52. The Balaban J connectivity index is 2.21. The Kier molecular flexibility index (Phi) is 4.40. The molecule has 0 atom stereocenters. The number of hydrogen-bond acceptors (Lipinski definition) is 4. The van der Waals surface area contributed by atoms with Gasteiger partial charge in [-0.05, 0) is 37.5 Å². The van der Waals surface area contributed by atoms with E-state index >= 15 is 0 Å². The lowest BCUT2D eigenvalue weighted by Gasteiger charge is -2.17. The number of hydrogen-bond donors (Lipinski definition) is 0. The normalized spacial score (nSPS) is 13.6. The fourth-order valence-electron chi connectivity index (χ4n) is 2.49. The lowest BCUT2D eigenvalue weighted by molar-refractivity contribution is -0.142. The van der Waals surface area contributed by atoms with Crippen molar-refractivity contribution in [2.24, 2.45) is 0 Å². The van der Waals surface area contributed by atoms with E-state index in [2.05, 4.69) is 0 Å². The van der Waals surface area contributed by atoms with Gasteiger partial charge in [0, 0.05) is 0 Å². The molecule has 0 saturated carbocycles. The molecule has 1 heterocycles. The first-order chi connectivity index (χ1) is 9.95. The molecule has 5 heteroatoms. The summed E-state index contributed by atoms with van der Waals surface area (Å²) in [5.41, 5.74) is 2.63. The number of rotatable bonds is 5. The van der Waals surface area contributed by atoms with Gasteiger partial charge in [-0.1, -0.05) is 19.4 Å². The molecule has 1 aliphatic rings. The highest BCUT2D eigenvalue weighted by Gasteiger charge is 2.38. The number of carbonyl (C=O) groups is 3. The summed E-state index contributed by atoms with van der Waals surface area (Å²) in [7, 11) is 0. The summed E-state index contributed by atoms with van der Waals surface area (Å²) in [5.74, 6) is -1.71. The highest BCUT2D eigenvalue weighted by atomic mass is 16.5. The number of benzene rings is 1. The summed E-state index contributed by atoms with van der Waals surface area (Å²) in [6, 6.07) is 3.57. The summed E-state index contributed by atoms with van der Waals surface area (Å²) >= 11 is 0. The van der Waals surface area contributed by atoms with Gasteiger partial charge < -0.3 is 4.74 Å². The number of esters is 1. The Bertz CT molecular complexity index is 607. The van der Waals surface area contributed by atoms with Crippen molar-refractivity contribution in [3.05, 3.63) is 28.8 Å². The molecule has 21 heavy (non-hydrogen) atoms. The van der Waals surface area contributed by atoms with Gasteiger partial charge >= 0.3 is 5.97 Å². The predicted octanol–water partition coefficient (Wildman–Crippen LogP) is 2.18. The van der Waals surface area contributed by atoms with Crippen LogP contribution < -0.4 is 4.90 Å². The van der Waals surface area contributed by atoms with Crippen LogP contribution in [0.1, 0.15) is 41.3 Å². The molecule has 0 aromatic heterocycles. The molecule has 5 nitrogen and oxygen atoms in total. The van der Waals surface area contributed by atoms with E-state index in [1.165, 1.54) is 4.90 Å². The number of anilines is 1. The van der Waals surface area contributed by atoms with E-state index < -0.39 is 17.7 Å². The number of unbranched alkanes of at least 4 members (excludes halogenated alkanes) is 1. The van der Waals surface area contributed by atoms with Crippen LogP contribution in [0.25, 0.3) is 0 Å². The molecule has 0 saturated heterocycles. The van der Waals surface area contributed by atoms with Gasteiger partial charge in [0.15, 0.2) is 0 Å². The minimum absolute atomic E-state index is 0.217. The van der Waals surface area contributed by atoms with Crippen LogP contribution in [-0.2, 0) is 14.3 Å². The molecule has 0 radical (unpaired) electrons. The summed E-state index contributed by atoms with van der Waals surface area (Å²) in [4.78, 5) is 37.1. The molecular weight excluding hydrogens is 270 g/mol. The quantitative estimate of drug-likeness (QED) is 0.473. The average molecular weight is 289 g/mol. The van der Waals surface area contributed by atoms with Crippen molar-refractivity contribution in [1.82, 2.24) is 0 Å². The minimum Gasteiger partial charge on any atom is -0.464 e. The highest BCUT2D eigenvalue weighted by Crippen LogP contribution is 2.33. The van der Waals surface area contributed by atoms with Crippen molar-refractivity contribution < 1.29 is 19.1 Å². The zero-order valence-electron chi connectivity index (χ0n) is 12.6. The predicted molar refractivity (Wildman–Crippen MR) is 78.5 cm³/mol. The maximum absolute atomic E-state index is 12.1. The van der Waals surface area contributed by atoms with Gasteiger partial charge in [-0.2, -0.15) is 0 Å². The Morgan fingerprint density at radius 1 is 1.24 bits per heavy atom. The summed E-state index contributed by atoms with van der Waals surface area (Å²) in [6.07, 6.45) is 1.71. The third kappa shape index (κ3) is 2.96. The Labute approximate surface area is 123 Å². The molecule has 0 fully saturated rings. The van der Waals surface area contributed by atoms with Gasteiger partial charge in [-0.3, -0.25) is 19.3 Å². The standard InChI is InChI=1S/C16H19NO4/c1-4-5-6-21-13(18)9-17-14-11(3)7-10(2)8-12(14)15(19)16(17)20/h7-8H,4-6,9H2,1-3H3. The topological polar surface area (TPSA) is 63.7 Å². The average Bonchev–Trinajstić information content (AvgIpc) is 2.64. The Hall–Kier alpha value is -2.17. The van der Waals surface area contributed by atoms with E-state index in [4.69, 9.17) is 4.74 Å². The molecule has 0 N–H and O–H groups in total. The van der Waals surface area contributed by atoms with Gasteiger partial charge in [0.1, 0.15) is 6.54 Å². The maximum atomic E-state index is 12.1. The van der Waals surface area contributed by atoms with Crippen LogP contribution in [0.4, 0.5) is 5.69 Å². The molecule has 0 spiro atoms. The molecular formula is C16H19NO4. The van der Waals surface area contributed by atoms with Gasteiger partial charge in [-0.25, -0.2) is 0 Å². The van der Waals surface area contributed by atoms with Crippen LogP contribution in [0.2, 0.25) is 0 Å². The maximum Gasteiger partial charge on any atom is 0.326 e. The number of nitrogens with zero attached hydrogens (tertiary/aromatic N) is 1. The van der Waals surface area contributed by atoms with Crippen molar-refractivity contribution in [2.75, 3.05) is 18.1 Å². The molecule has 1 aliphatic heterocycles. The Morgan fingerprint density at radius 2 is 1.95 bits per heavy atom. The second-order valence-corrected chi connectivity index (χ2v) is 5.27. The van der Waals surface area contributed by atoms with Gasteiger partial charge in [0.2, 0.25) is 0 Å². The molecule has 1 aromatic rings. The molecule has 1 aromatic carbocycles. The van der Waals surface area contributed by atoms with E-state index in [1.807, 2.05) is 26.8 Å². The summed E-state index contributed by atoms with van der Waals surface area (Å²) in [5, 5.41) is 0. The van der Waals surface area contributed by atoms with Gasteiger partial charge in [0.25, 0.3) is 11.7 Å². The fourth-order valence-corrected chi connectivity index (χ4v) is 2.49. The molecule has 1 amide bonds. The van der Waals surface area contributed by atoms with Crippen molar-refractivity contribution >= 4 is 23.3 Å². The number of ketones is 1. The first kappa shape index (κ1) is 15.2. The molecule has 0 aliphatic carbocycles. The van der Waals surface area contributed by atoms with Crippen LogP contribution in [0.15, 0.2) is 12.1 Å². The molecule has 112 valence electrons. The molecule has 0 bridgehead atoms. The van der Waals surface area contributed by atoms with Crippen molar-refractivity contribution in [1.29, 1.82) is 0 Å². The number of fused-ring (bicyclic) bond motifs is 1. The largest absolute Gasteiger partial charge is 0.464 e. The SMILES string of the molecule is CCCCOC(=O)CN1C(=O)C(=O)c2cc(C)cc(C)c21. The third-order valence-corrected chi connectivity index (χ3v) is 3.45. The van der Waals surface area contributed by atoms with E-state index in [9.17, 15) is 14.4 Å². The smallest absolute Gasteiger partial charge is 0.326 e. The summed E-state index contributed by atoms with van der Waals surface area (Å²) < 4.78 is 5.06. The zero-order chi connectivity index (χ0) is 15.6. The number of Topliss-reactive ketones (excluding diaryl/α,β-unsaturated/α-hetero) is 1. The van der Waals surface area contributed by atoms with Crippen LogP contribution >= 0.6 is 0 Å². The van der Waals surface area contributed by atoms with Crippen LogP contribution in [-0.4, -0.2) is 30.8 Å². The zero-order valence-corrected chi connectivity index (χ0v) is 12.6. The summed E-state index contributed by atoms with van der Waals surface area (Å²) in [6.45, 7) is 5.81. The van der Waals surface area contributed by atoms with Gasteiger partial charge in [-0.15, -0.1) is 0 Å². The van der Waals surface area contributed by atoms with E-state index in [1.54, 1.807) is 6.07 Å². The van der Waals surface area contributed by atoms with E-state index in [0.29, 0.717) is 17.9 Å². The molecule has 2 rings (SSSR count). The monoisotopic (exact) mass is 289 g/mol. The van der Waals surface area contributed by atoms with Crippen LogP contribution in [0.5, 0.6) is 0 Å². The van der Waals surface area contributed by atoms with Crippen molar-refractivity contribution in [2.45, 2.75) is 33.6 Å². The van der Waals surface area contributed by atoms with Gasteiger partial charge in [0.05, 0.1) is 17.9 Å². The number of aryl methyl sites for hydroxylation is 2. The Morgan fingerprint density at radius 3 is 2.62 bits per heavy atom. The van der Waals surface area contributed by atoms with Crippen molar-refractivity contribution in [3.8, 4) is 0 Å².